The summed E-state index contributed by atoms with van der Waals surface area (Å²) >= 11 is 0. The molecule has 1 heterocycles. The Labute approximate surface area is 204 Å². The summed E-state index contributed by atoms with van der Waals surface area (Å²) in [7, 11) is 0. The third-order valence-electron chi connectivity index (χ3n) is 6.76. The second kappa shape index (κ2) is 8.44. The highest BCUT2D eigenvalue weighted by atomic mass is 16.3. The lowest BCUT2D eigenvalue weighted by molar-refractivity contribution is -0.124. The van der Waals surface area contributed by atoms with Crippen LogP contribution in [-0.4, -0.2) is 17.0 Å². The third kappa shape index (κ3) is 4.98. The molecule has 1 atom stereocenters. The van der Waals surface area contributed by atoms with Gasteiger partial charge in [-0.1, -0.05) is 98.7 Å². The largest absolute Gasteiger partial charge is 0.507 e. The van der Waals surface area contributed by atoms with Crippen LogP contribution in [0.5, 0.6) is 5.75 Å². The molecule has 3 N–H and O–H groups in total. The first kappa shape index (κ1) is 25.8. The van der Waals surface area contributed by atoms with Gasteiger partial charge >= 0.3 is 6.03 Å². The van der Waals surface area contributed by atoms with Gasteiger partial charge < -0.3 is 10.4 Å². The number of urea groups is 1. The fraction of sp³-hybridized carbons (Fsp3) is 0.517. The number of imide groups is 1. The van der Waals surface area contributed by atoms with Crippen molar-refractivity contribution in [2.75, 3.05) is 0 Å². The predicted octanol–water partition coefficient (Wildman–Crippen LogP) is 5.95. The first-order valence-electron chi connectivity index (χ1n) is 12.1. The molecule has 34 heavy (non-hydrogen) atoms. The Balaban J connectivity index is 2.03. The summed E-state index contributed by atoms with van der Waals surface area (Å²) in [6, 6.07) is 11.6. The zero-order valence-electron chi connectivity index (χ0n) is 22.1. The minimum atomic E-state index is -1.13. The number of phenols is 1. The predicted molar refractivity (Wildman–Crippen MR) is 137 cm³/mol. The molecule has 5 nitrogen and oxygen atoms in total. The van der Waals surface area contributed by atoms with E-state index in [1.807, 2.05) is 36.4 Å². The third-order valence-corrected chi connectivity index (χ3v) is 6.76. The lowest BCUT2D eigenvalue weighted by Crippen LogP contribution is -2.44. The van der Waals surface area contributed by atoms with Gasteiger partial charge in [-0.3, -0.25) is 10.1 Å². The average Bonchev–Trinajstić information content (AvgIpc) is 2.99. The first-order chi connectivity index (χ1) is 15.4. The number of benzene rings is 2. The van der Waals surface area contributed by atoms with Gasteiger partial charge in [0.1, 0.15) is 11.3 Å². The highest BCUT2D eigenvalue weighted by molar-refractivity contribution is 6.07. The summed E-state index contributed by atoms with van der Waals surface area (Å²) in [5.74, 6) is 0.00928. The van der Waals surface area contributed by atoms with Crippen LogP contribution >= 0.6 is 0 Å². The quantitative estimate of drug-likeness (QED) is 0.489. The van der Waals surface area contributed by atoms with Crippen molar-refractivity contribution in [2.24, 2.45) is 0 Å². The van der Waals surface area contributed by atoms with E-state index in [-0.39, 0.29) is 22.2 Å². The molecule has 1 aliphatic heterocycles. The Hall–Kier alpha value is -2.82. The van der Waals surface area contributed by atoms with E-state index in [2.05, 4.69) is 72.9 Å². The van der Waals surface area contributed by atoms with Gasteiger partial charge in [0.15, 0.2) is 0 Å². The van der Waals surface area contributed by atoms with Crippen molar-refractivity contribution >= 4 is 11.9 Å². The molecule has 0 spiro atoms. The maximum absolute atomic E-state index is 13.1. The molecule has 2 aromatic carbocycles. The molecule has 1 unspecified atom stereocenters. The summed E-state index contributed by atoms with van der Waals surface area (Å²) in [5, 5.41) is 16.4. The van der Waals surface area contributed by atoms with E-state index in [0.29, 0.717) is 18.6 Å². The lowest BCUT2D eigenvalue weighted by Gasteiger charge is -2.30. The van der Waals surface area contributed by atoms with Gasteiger partial charge in [0.05, 0.1) is 0 Å². The standard InChI is InChI=1S/C29H40N2O3/c1-26(2,3)19-10-12-20(13-11-19)29(24(33)30-25(34)31-29)15-14-18-16-21(27(4,5)6)23(32)22(17-18)28(7,8)9/h10-13,16-17,32H,14-15H2,1-9H3,(H2,30,31,33,34). The molecular formula is C29H40N2O3. The van der Waals surface area contributed by atoms with Crippen LogP contribution in [0, 0.1) is 0 Å². The van der Waals surface area contributed by atoms with Crippen molar-refractivity contribution < 1.29 is 14.7 Å². The summed E-state index contributed by atoms with van der Waals surface area (Å²) in [6.07, 6.45) is 0.985. The van der Waals surface area contributed by atoms with E-state index in [1.165, 1.54) is 5.56 Å². The fourth-order valence-electron chi connectivity index (χ4n) is 4.58. The average molecular weight is 465 g/mol. The van der Waals surface area contributed by atoms with Crippen molar-refractivity contribution in [3.63, 3.8) is 0 Å². The molecule has 3 rings (SSSR count). The number of amides is 3. The Morgan fingerprint density at radius 3 is 1.68 bits per heavy atom. The number of carbonyl (C=O) groups is 2. The normalized spacial score (nSPS) is 19.2. The van der Waals surface area contributed by atoms with Crippen molar-refractivity contribution in [2.45, 2.75) is 96.9 Å². The summed E-state index contributed by atoms with van der Waals surface area (Å²) < 4.78 is 0. The molecule has 1 saturated heterocycles. The van der Waals surface area contributed by atoms with Crippen molar-refractivity contribution in [3.05, 3.63) is 64.2 Å². The van der Waals surface area contributed by atoms with Gasteiger partial charge in [0.25, 0.3) is 5.91 Å². The van der Waals surface area contributed by atoms with E-state index in [1.54, 1.807) is 0 Å². The maximum Gasteiger partial charge on any atom is 0.322 e. The van der Waals surface area contributed by atoms with Gasteiger partial charge in [-0.15, -0.1) is 0 Å². The number of hydrogen-bond donors (Lipinski definition) is 3. The van der Waals surface area contributed by atoms with Crippen molar-refractivity contribution in [3.8, 4) is 5.75 Å². The Bertz CT molecular complexity index is 1060. The number of rotatable bonds is 4. The van der Waals surface area contributed by atoms with E-state index in [0.717, 1.165) is 22.3 Å². The van der Waals surface area contributed by atoms with Gasteiger partial charge in [-0.2, -0.15) is 0 Å². The summed E-state index contributed by atoms with van der Waals surface area (Å²) in [4.78, 5) is 25.3. The van der Waals surface area contributed by atoms with Gasteiger partial charge in [0, 0.05) is 0 Å². The van der Waals surface area contributed by atoms with Gasteiger partial charge in [-0.25, -0.2) is 4.79 Å². The number of phenolic OH excluding ortho intramolecular Hbond substituents is 1. The van der Waals surface area contributed by atoms with E-state index < -0.39 is 11.6 Å². The van der Waals surface area contributed by atoms with Crippen molar-refractivity contribution in [1.29, 1.82) is 0 Å². The zero-order valence-corrected chi connectivity index (χ0v) is 22.1. The molecule has 2 aromatic rings. The molecule has 1 aliphatic rings. The van der Waals surface area contributed by atoms with E-state index in [9.17, 15) is 14.7 Å². The zero-order chi connectivity index (χ0) is 25.7. The molecule has 0 bridgehead atoms. The maximum atomic E-state index is 13.1. The monoisotopic (exact) mass is 464 g/mol. The fourth-order valence-corrected chi connectivity index (χ4v) is 4.58. The SMILES string of the molecule is CC(C)(C)c1ccc(C2(CCc3cc(C(C)(C)C)c(O)c(C(C)(C)C)c3)NC(=O)NC2=O)cc1. The first-order valence-corrected chi connectivity index (χ1v) is 12.1. The molecule has 3 amide bonds. The second-order valence-corrected chi connectivity index (χ2v) is 12.7. The second-order valence-electron chi connectivity index (χ2n) is 12.7. The number of aromatic hydroxyl groups is 1. The Kier molecular flexibility index (Phi) is 6.40. The molecule has 0 saturated carbocycles. The van der Waals surface area contributed by atoms with Crippen LogP contribution in [0.25, 0.3) is 0 Å². The van der Waals surface area contributed by atoms with Crippen LogP contribution in [0.3, 0.4) is 0 Å². The van der Waals surface area contributed by atoms with Crippen LogP contribution in [0.15, 0.2) is 36.4 Å². The Morgan fingerprint density at radius 2 is 1.29 bits per heavy atom. The van der Waals surface area contributed by atoms with Crippen LogP contribution in [0.1, 0.15) is 96.6 Å². The topological polar surface area (TPSA) is 78.4 Å². The number of carbonyl (C=O) groups excluding carboxylic acids is 2. The molecule has 0 aromatic heterocycles. The molecule has 5 heteroatoms. The summed E-state index contributed by atoms with van der Waals surface area (Å²) in [5.41, 5.74) is 3.14. The molecule has 184 valence electrons. The van der Waals surface area contributed by atoms with Crippen molar-refractivity contribution in [1.82, 2.24) is 10.6 Å². The summed E-state index contributed by atoms with van der Waals surface area (Å²) in [6.45, 7) is 18.9. The Morgan fingerprint density at radius 1 is 0.794 bits per heavy atom. The highest BCUT2D eigenvalue weighted by Gasteiger charge is 2.47. The highest BCUT2D eigenvalue weighted by Crippen LogP contribution is 2.41. The molecule has 0 aliphatic carbocycles. The molecule has 1 fully saturated rings. The van der Waals surface area contributed by atoms with E-state index >= 15 is 0 Å². The minimum Gasteiger partial charge on any atom is -0.507 e. The van der Waals surface area contributed by atoms with Gasteiger partial charge in [0.2, 0.25) is 0 Å². The van der Waals surface area contributed by atoms with Crippen LogP contribution in [-0.2, 0) is 33.0 Å². The number of hydrogen-bond acceptors (Lipinski definition) is 3. The van der Waals surface area contributed by atoms with Gasteiger partial charge in [-0.05, 0) is 56.9 Å². The van der Waals surface area contributed by atoms with E-state index in [4.69, 9.17) is 0 Å². The smallest absolute Gasteiger partial charge is 0.322 e. The number of aryl methyl sites for hydroxylation is 1. The van der Waals surface area contributed by atoms with Crippen LogP contribution < -0.4 is 10.6 Å². The molecule has 0 radical (unpaired) electrons. The van der Waals surface area contributed by atoms with Crippen LogP contribution in [0.4, 0.5) is 4.79 Å². The van der Waals surface area contributed by atoms with Crippen LogP contribution in [0.2, 0.25) is 0 Å². The lowest BCUT2D eigenvalue weighted by atomic mass is 9.77. The minimum absolute atomic E-state index is 0.00830. The number of nitrogens with one attached hydrogen (secondary N) is 2. The molecular weight excluding hydrogens is 424 g/mol.